The van der Waals surface area contributed by atoms with Crippen LogP contribution in [0.1, 0.15) is 23.2 Å². The molecular weight excluding hydrogens is 158 g/mol. The van der Waals surface area contributed by atoms with Crippen molar-refractivity contribution in [2.24, 2.45) is 5.73 Å². The lowest BCUT2D eigenvalue weighted by Gasteiger charge is -2.03. The zero-order valence-electron chi connectivity index (χ0n) is 6.82. The van der Waals surface area contributed by atoms with Crippen LogP contribution in [0.15, 0.2) is 6.20 Å². The number of carboxylic acids is 1. The van der Waals surface area contributed by atoms with Crippen molar-refractivity contribution in [3.63, 3.8) is 0 Å². The first-order valence-electron chi connectivity index (χ1n) is 3.68. The van der Waals surface area contributed by atoms with Gasteiger partial charge in [-0.2, -0.15) is 0 Å². The second-order valence-electron chi connectivity index (χ2n) is 2.31. The summed E-state index contributed by atoms with van der Waals surface area (Å²) in [6, 6.07) is 0. The van der Waals surface area contributed by atoms with Gasteiger partial charge in [0.25, 0.3) is 0 Å². The Morgan fingerprint density at radius 3 is 2.92 bits per heavy atom. The van der Waals surface area contributed by atoms with Gasteiger partial charge < -0.3 is 15.4 Å². The van der Waals surface area contributed by atoms with E-state index in [1.807, 2.05) is 6.92 Å². The van der Waals surface area contributed by atoms with Gasteiger partial charge in [0.05, 0.1) is 12.7 Å². The monoisotopic (exact) mass is 169 g/mol. The molecule has 0 saturated carbocycles. The number of hydrogen-bond donors (Lipinski definition) is 2. The Labute approximate surface area is 69.8 Å². The summed E-state index contributed by atoms with van der Waals surface area (Å²) in [6.45, 7) is 2.70. The highest BCUT2D eigenvalue weighted by Crippen LogP contribution is 2.04. The van der Waals surface area contributed by atoms with E-state index in [4.69, 9.17) is 10.8 Å². The Balaban J connectivity index is 3.13. The highest BCUT2D eigenvalue weighted by Gasteiger charge is 2.12. The van der Waals surface area contributed by atoms with Crippen LogP contribution in [0.25, 0.3) is 0 Å². The average molecular weight is 169 g/mol. The van der Waals surface area contributed by atoms with E-state index in [0.717, 1.165) is 0 Å². The van der Waals surface area contributed by atoms with Crippen LogP contribution in [-0.4, -0.2) is 20.6 Å². The Hall–Kier alpha value is -1.36. The Kier molecular flexibility index (Phi) is 2.44. The molecular formula is C7H11N3O2. The summed E-state index contributed by atoms with van der Waals surface area (Å²) in [5, 5.41) is 8.70. The van der Waals surface area contributed by atoms with Crippen molar-refractivity contribution in [1.82, 2.24) is 9.55 Å². The van der Waals surface area contributed by atoms with Crippen LogP contribution >= 0.6 is 0 Å². The number of nitrogens with zero attached hydrogens (tertiary/aromatic N) is 2. The van der Waals surface area contributed by atoms with Crippen molar-refractivity contribution >= 4 is 5.97 Å². The fourth-order valence-electron chi connectivity index (χ4n) is 1.10. The average Bonchev–Trinajstić information content (AvgIpc) is 2.46. The molecule has 0 bridgehead atoms. The zero-order chi connectivity index (χ0) is 9.14. The zero-order valence-corrected chi connectivity index (χ0v) is 6.82. The fourth-order valence-corrected chi connectivity index (χ4v) is 1.10. The van der Waals surface area contributed by atoms with E-state index in [0.29, 0.717) is 12.4 Å². The minimum Gasteiger partial charge on any atom is -0.477 e. The molecule has 5 heteroatoms. The molecule has 0 amide bonds. The molecule has 1 aromatic rings. The first-order valence-corrected chi connectivity index (χ1v) is 3.68. The van der Waals surface area contributed by atoms with Crippen LogP contribution in [-0.2, 0) is 13.1 Å². The number of carboxylic acid groups (broad SMARTS) is 1. The molecule has 0 fully saturated rings. The number of hydrogen-bond acceptors (Lipinski definition) is 3. The van der Waals surface area contributed by atoms with Crippen LogP contribution in [0.3, 0.4) is 0 Å². The van der Waals surface area contributed by atoms with Crippen molar-refractivity contribution < 1.29 is 9.90 Å². The predicted octanol–water partition coefficient (Wildman–Crippen LogP) is 0.0599. The molecule has 1 heterocycles. The van der Waals surface area contributed by atoms with E-state index in [9.17, 15) is 4.79 Å². The first kappa shape index (κ1) is 8.73. The van der Waals surface area contributed by atoms with Crippen LogP contribution in [0.4, 0.5) is 0 Å². The van der Waals surface area contributed by atoms with Gasteiger partial charge in [-0.1, -0.05) is 0 Å². The molecule has 0 atom stereocenters. The van der Waals surface area contributed by atoms with E-state index in [1.54, 1.807) is 4.57 Å². The molecule has 0 saturated heterocycles. The number of aromatic carboxylic acids is 1. The number of rotatable bonds is 3. The van der Waals surface area contributed by atoms with E-state index in [2.05, 4.69) is 4.98 Å². The van der Waals surface area contributed by atoms with Gasteiger partial charge in [-0.15, -0.1) is 0 Å². The van der Waals surface area contributed by atoms with Gasteiger partial charge in [0.2, 0.25) is 0 Å². The molecule has 0 unspecified atom stereocenters. The Morgan fingerprint density at radius 2 is 2.50 bits per heavy atom. The van der Waals surface area contributed by atoms with E-state index in [-0.39, 0.29) is 12.2 Å². The van der Waals surface area contributed by atoms with Crippen molar-refractivity contribution in [3.05, 3.63) is 17.7 Å². The molecule has 5 nitrogen and oxygen atoms in total. The van der Waals surface area contributed by atoms with E-state index < -0.39 is 5.97 Å². The predicted molar refractivity (Wildman–Crippen MR) is 42.8 cm³/mol. The lowest BCUT2D eigenvalue weighted by molar-refractivity contribution is 0.0685. The van der Waals surface area contributed by atoms with Gasteiger partial charge >= 0.3 is 5.97 Å². The van der Waals surface area contributed by atoms with Gasteiger partial charge in [0, 0.05) is 6.54 Å². The maximum absolute atomic E-state index is 10.6. The van der Waals surface area contributed by atoms with E-state index in [1.165, 1.54) is 6.20 Å². The van der Waals surface area contributed by atoms with E-state index >= 15 is 0 Å². The second kappa shape index (κ2) is 3.36. The maximum atomic E-state index is 10.6. The molecule has 12 heavy (non-hydrogen) atoms. The highest BCUT2D eigenvalue weighted by atomic mass is 16.4. The molecule has 0 aliphatic heterocycles. The fraction of sp³-hybridized carbons (Fsp3) is 0.429. The molecule has 0 spiro atoms. The third-order valence-electron chi connectivity index (χ3n) is 1.66. The second-order valence-corrected chi connectivity index (χ2v) is 2.31. The number of aromatic nitrogens is 2. The summed E-state index contributed by atoms with van der Waals surface area (Å²) in [5.41, 5.74) is 5.56. The summed E-state index contributed by atoms with van der Waals surface area (Å²) in [6.07, 6.45) is 1.33. The molecule has 66 valence electrons. The lowest BCUT2D eigenvalue weighted by Crippen LogP contribution is -2.12. The summed E-state index contributed by atoms with van der Waals surface area (Å²) in [7, 11) is 0. The molecule has 3 N–H and O–H groups in total. The summed E-state index contributed by atoms with van der Waals surface area (Å²) >= 11 is 0. The minimum absolute atomic E-state index is 0.193. The van der Waals surface area contributed by atoms with Crippen LogP contribution in [0.5, 0.6) is 0 Å². The third-order valence-corrected chi connectivity index (χ3v) is 1.66. The van der Waals surface area contributed by atoms with Crippen molar-refractivity contribution in [2.75, 3.05) is 0 Å². The van der Waals surface area contributed by atoms with Gasteiger partial charge in [-0.25, -0.2) is 9.78 Å². The topological polar surface area (TPSA) is 81.1 Å². The molecule has 1 rings (SSSR count). The third kappa shape index (κ3) is 1.31. The van der Waals surface area contributed by atoms with Crippen molar-refractivity contribution in [1.29, 1.82) is 0 Å². The number of nitrogens with two attached hydrogens (primary N) is 1. The van der Waals surface area contributed by atoms with Crippen molar-refractivity contribution in [2.45, 2.75) is 20.0 Å². The summed E-state index contributed by atoms with van der Waals surface area (Å²) in [5.74, 6) is -0.362. The van der Waals surface area contributed by atoms with Gasteiger partial charge in [0.15, 0.2) is 0 Å². The van der Waals surface area contributed by atoms with Crippen LogP contribution < -0.4 is 5.73 Å². The molecule has 1 aromatic heterocycles. The van der Waals surface area contributed by atoms with Crippen LogP contribution in [0.2, 0.25) is 0 Å². The normalized spacial score (nSPS) is 10.2. The minimum atomic E-state index is -0.968. The van der Waals surface area contributed by atoms with Gasteiger partial charge in [-0.05, 0) is 6.92 Å². The van der Waals surface area contributed by atoms with Crippen LogP contribution in [0, 0.1) is 0 Å². The molecule has 0 aromatic carbocycles. The summed E-state index contributed by atoms with van der Waals surface area (Å²) < 4.78 is 1.59. The SMILES string of the molecule is CCn1c(C(=O)O)cnc1CN. The Morgan fingerprint density at radius 1 is 1.83 bits per heavy atom. The molecule has 0 radical (unpaired) electrons. The van der Waals surface area contributed by atoms with Gasteiger partial charge in [-0.3, -0.25) is 0 Å². The quantitative estimate of drug-likeness (QED) is 0.670. The summed E-state index contributed by atoms with van der Waals surface area (Å²) in [4.78, 5) is 14.5. The van der Waals surface area contributed by atoms with Gasteiger partial charge in [0.1, 0.15) is 11.5 Å². The molecule has 0 aliphatic rings. The Bertz CT molecular complexity index is 293. The number of carbonyl (C=O) groups is 1. The largest absolute Gasteiger partial charge is 0.477 e. The molecule has 0 aliphatic carbocycles. The lowest BCUT2D eigenvalue weighted by atomic mass is 10.4. The smallest absolute Gasteiger partial charge is 0.354 e. The first-order chi connectivity index (χ1) is 5.70. The standard InChI is InChI=1S/C7H11N3O2/c1-2-10-5(7(11)12)4-9-6(10)3-8/h4H,2-3,8H2,1H3,(H,11,12). The highest BCUT2D eigenvalue weighted by molar-refractivity contribution is 5.85. The van der Waals surface area contributed by atoms with Crippen molar-refractivity contribution in [3.8, 4) is 0 Å². The number of imidazole rings is 1. The maximum Gasteiger partial charge on any atom is 0.354 e.